The van der Waals surface area contributed by atoms with E-state index < -0.39 is 28.6 Å². The molecule has 2 atom stereocenters. The summed E-state index contributed by atoms with van der Waals surface area (Å²) < 4.78 is 13.0. The number of rotatable bonds is 5. The van der Waals surface area contributed by atoms with E-state index in [0.29, 0.717) is 5.75 Å². The van der Waals surface area contributed by atoms with E-state index in [1.807, 2.05) is 0 Å². The Kier molecular flexibility index (Phi) is 4.86. The monoisotopic (exact) mass is 261 g/mol. The van der Waals surface area contributed by atoms with Gasteiger partial charge < -0.3 is 10.2 Å². The molecule has 0 aromatic heterocycles. The van der Waals surface area contributed by atoms with Gasteiger partial charge in [0.1, 0.15) is 6.10 Å². The highest BCUT2D eigenvalue weighted by Crippen LogP contribution is 2.25. The van der Waals surface area contributed by atoms with Crippen LogP contribution in [0.2, 0.25) is 0 Å². The Morgan fingerprint density at radius 3 is 2.65 bits per heavy atom. The standard InChI is InChI=1S/C10H12FNO4S/c11-7-2-1-6(5-8(7)12(15)16)10(14)9(13)3-4-17/h1-2,5,9-10,13-14,17H,3-4H2. The van der Waals surface area contributed by atoms with Crippen LogP contribution < -0.4 is 0 Å². The molecule has 0 aliphatic rings. The predicted molar refractivity (Wildman–Crippen MR) is 62.5 cm³/mol. The molecular weight excluding hydrogens is 249 g/mol. The number of halogens is 1. The van der Waals surface area contributed by atoms with Crippen molar-refractivity contribution < 1.29 is 19.5 Å². The lowest BCUT2D eigenvalue weighted by molar-refractivity contribution is -0.387. The Balaban J connectivity index is 2.99. The van der Waals surface area contributed by atoms with E-state index in [4.69, 9.17) is 0 Å². The normalized spacial score (nSPS) is 14.4. The summed E-state index contributed by atoms with van der Waals surface area (Å²) in [6.07, 6.45) is -2.14. The summed E-state index contributed by atoms with van der Waals surface area (Å²) in [6, 6.07) is 3.01. The maximum Gasteiger partial charge on any atom is 0.305 e. The van der Waals surface area contributed by atoms with Crippen molar-refractivity contribution in [3.8, 4) is 0 Å². The number of hydrogen-bond acceptors (Lipinski definition) is 5. The number of benzene rings is 1. The van der Waals surface area contributed by atoms with Crippen LogP contribution in [-0.2, 0) is 0 Å². The molecular formula is C10H12FNO4S. The van der Waals surface area contributed by atoms with Crippen molar-refractivity contribution >= 4 is 18.3 Å². The Hall–Kier alpha value is -1.18. The SMILES string of the molecule is O=[N+]([O-])c1cc(C(O)C(O)CCS)ccc1F. The molecule has 1 rings (SSSR count). The van der Waals surface area contributed by atoms with Gasteiger partial charge in [0.25, 0.3) is 0 Å². The molecule has 0 saturated carbocycles. The van der Waals surface area contributed by atoms with E-state index in [0.717, 1.165) is 12.1 Å². The topological polar surface area (TPSA) is 83.6 Å². The van der Waals surface area contributed by atoms with Crippen LogP contribution in [0, 0.1) is 15.9 Å². The molecule has 0 fully saturated rings. The van der Waals surface area contributed by atoms with Crippen LogP contribution >= 0.6 is 12.6 Å². The highest BCUT2D eigenvalue weighted by molar-refractivity contribution is 7.80. The average Bonchev–Trinajstić information content (AvgIpc) is 2.28. The van der Waals surface area contributed by atoms with Crippen molar-refractivity contribution in [3.63, 3.8) is 0 Å². The van der Waals surface area contributed by atoms with Crippen LogP contribution in [0.3, 0.4) is 0 Å². The molecule has 0 bridgehead atoms. The Labute approximate surface area is 102 Å². The Bertz CT molecular complexity index is 415. The number of aliphatic hydroxyl groups is 2. The summed E-state index contributed by atoms with van der Waals surface area (Å²) in [5, 5.41) is 29.7. The van der Waals surface area contributed by atoms with Crippen molar-refractivity contribution in [1.29, 1.82) is 0 Å². The summed E-state index contributed by atoms with van der Waals surface area (Å²) >= 11 is 3.90. The van der Waals surface area contributed by atoms with E-state index in [1.165, 1.54) is 6.07 Å². The van der Waals surface area contributed by atoms with Gasteiger partial charge in [-0.15, -0.1) is 0 Å². The first-order valence-corrected chi connectivity index (χ1v) is 5.51. The lowest BCUT2D eigenvalue weighted by Crippen LogP contribution is -2.18. The number of nitrogens with zero attached hydrogens (tertiary/aromatic N) is 1. The molecule has 0 heterocycles. The first-order valence-electron chi connectivity index (χ1n) is 4.88. The molecule has 0 aliphatic heterocycles. The van der Waals surface area contributed by atoms with Gasteiger partial charge in [0.15, 0.2) is 0 Å². The van der Waals surface area contributed by atoms with Gasteiger partial charge in [-0.05, 0) is 23.8 Å². The van der Waals surface area contributed by atoms with Crippen molar-refractivity contribution in [3.05, 3.63) is 39.7 Å². The smallest absolute Gasteiger partial charge is 0.305 e. The summed E-state index contributed by atoms with van der Waals surface area (Å²) in [4.78, 5) is 9.62. The van der Waals surface area contributed by atoms with Crippen LogP contribution in [-0.4, -0.2) is 27.0 Å². The molecule has 1 aromatic carbocycles. The lowest BCUT2D eigenvalue weighted by Gasteiger charge is -2.17. The number of hydrogen-bond donors (Lipinski definition) is 3. The molecule has 2 N–H and O–H groups in total. The molecule has 0 spiro atoms. The van der Waals surface area contributed by atoms with Crippen LogP contribution in [0.4, 0.5) is 10.1 Å². The van der Waals surface area contributed by atoms with Gasteiger partial charge in [0.2, 0.25) is 5.82 Å². The fraction of sp³-hybridized carbons (Fsp3) is 0.400. The third-order valence-electron chi connectivity index (χ3n) is 2.30. The first kappa shape index (κ1) is 13.9. The maximum absolute atomic E-state index is 13.0. The number of nitro groups is 1. The summed E-state index contributed by atoms with van der Waals surface area (Å²) in [6.45, 7) is 0. The number of thiol groups is 1. The molecule has 0 aliphatic carbocycles. The molecule has 0 saturated heterocycles. The van der Waals surface area contributed by atoms with E-state index >= 15 is 0 Å². The maximum atomic E-state index is 13.0. The summed E-state index contributed by atoms with van der Waals surface area (Å²) in [5.74, 6) is -0.615. The molecule has 0 amide bonds. The average molecular weight is 261 g/mol. The van der Waals surface area contributed by atoms with Crippen LogP contribution in [0.1, 0.15) is 18.1 Å². The van der Waals surface area contributed by atoms with Crippen LogP contribution in [0.15, 0.2) is 18.2 Å². The second-order valence-electron chi connectivity index (χ2n) is 3.49. The molecule has 2 unspecified atom stereocenters. The minimum atomic E-state index is -1.29. The second-order valence-corrected chi connectivity index (χ2v) is 3.94. The van der Waals surface area contributed by atoms with E-state index in [9.17, 15) is 24.7 Å². The van der Waals surface area contributed by atoms with Gasteiger partial charge in [-0.3, -0.25) is 10.1 Å². The fourth-order valence-electron chi connectivity index (χ4n) is 1.37. The van der Waals surface area contributed by atoms with Gasteiger partial charge in [-0.25, -0.2) is 0 Å². The Morgan fingerprint density at radius 2 is 2.12 bits per heavy atom. The van der Waals surface area contributed by atoms with Crippen molar-refractivity contribution in [1.82, 2.24) is 0 Å². The van der Waals surface area contributed by atoms with E-state index in [-0.39, 0.29) is 12.0 Å². The van der Waals surface area contributed by atoms with Crippen molar-refractivity contribution in [2.45, 2.75) is 18.6 Å². The molecule has 5 nitrogen and oxygen atoms in total. The quantitative estimate of drug-likeness (QED) is 0.425. The highest BCUT2D eigenvalue weighted by atomic mass is 32.1. The van der Waals surface area contributed by atoms with Crippen LogP contribution in [0.25, 0.3) is 0 Å². The molecule has 94 valence electrons. The number of aliphatic hydroxyl groups excluding tert-OH is 2. The molecule has 0 radical (unpaired) electrons. The van der Waals surface area contributed by atoms with Gasteiger partial charge in [-0.1, -0.05) is 6.07 Å². The highest BCUT2D eigenvalue weighted by Gasteiger charge is 2.22. The first-order chi connectivity index (χ1) is 7.97. The third-order valence-corrected chi connectivity index (χ3v) is 2.56. The van der Waals surface area contributed by atoms with Gasteiger partial charge >= 0.3 is 5.69 Å². The van der Waals surface area contributed by atoms with Crippen LogP contribution in [0.5, 0.6) is 0 Å². The lowest BCUT2D eigenvalue weighted by atomic mass is 10.0. The van der Waals surface area contributed by atoms with Gasteiger partial charge in [0, 0.05) is 6.07 Å². The van der Waals surface area contributed by atoms with E-state index in [1.54, 1.807) is 0 Å². The zero-order valence-corrected chi connectivity index (χ0v) is 9.68. The number of nitro benzene ring substituents is 1. The molecule has 7 heteroatoms. The zero-order valence-electron chi connectivity index (χ0n) is 8.78. The van der Waals surface area contributed by atoms with E-state index in [2.05, 4.69) is 12.6 Å². The second kappa shape index (κ2) is 5.95. The molecule has 17 heavy (non-hydrogen) atoms. The minimum absolute atomic E-state index is 0.104. The fourth-order valence-corrected chi connectivity index (χ4v) is 1.63. The minimum Gasteiger partial charge on any atom is -0.390 e. The van der Waals surface area contributed by atoms with Gasteiger partial charge in [0.05, 0.1) is 11.0 Å². The molecule has 1 aromatic rings. The Morgan fingerprint density at radius 1 is 1.47 bits per heavy atom. The summed E-state index contributed by atoms with van der Waals surface area (Å²) in [7, 11) is 0. The van der Waals surface area contributed by atoms with Gasteiger partial charge in [-0.2, -0.15) is 17.0 Å². The predicted octanol–water partition coefficient (Wildman–Crippen LogP) is 1.45. The van der Waals surface area contributed by atoms with Crippen molar-refractivity contribution in [2.75, 3.05) is 5.75 Å². The summed E-state index contributed by atoms with van der Waals surface area (Å²) in [5.41, 5.74) is -0.619. The third kappa shape index (κ3) is 3.39. The van der Waals surface area contributed by atoms with Crippen molar-refractivity contribution in [2.24, 2.45) is 0 Å². The zero-order chi connectivity index (χ0) is 13.0. The largest absolute Gasteiger partial charge is 0.390 e.